The van der Waals surface area contributed by atoms with Crippen LogP contribution in [0.15, 0.2) is 60.7 Å². The topological polar surface area (TPSA) is 55.8 Å². The summed E-state index contributed by atoms with van der Waals surface area (Å²) in [5.41, 5.74) is 1.98. The summed E-state index contributed by atoms with van der Waals surface area (Å²) < 4.78 is 11.3. The van der Waals surface area contributed by atoms with Gasteiger partial charge in [-0.25, -0.2) is 0 Å². The highest BCUT2D eigenvalue weighted by Crippen LogP contribution is 2.15. The lowest BCUT2D eigenvalue weighted by Gasteiger charge is -2.22. The number of ether oxygens (including phenoxy) is 2. The zero-order valence-corrected chi connectivity index (χ0v) is 15.2. The molecular weight excluding hydrogens is 336 g/mol. The van der Waals surface area contributed by atoms with Gasteiger partial charge in [0.1, 0.15) is 6.10 Å². The molecule has 0 saturated heterocycles. The van der Waals surface area contributed by atoms with Crippen molar-refractivity contribution < 1.29 is 19.4 Å². The van der Waals surface area contributed by atoms with Gasteiger partial charge in [-0.1, -0.05) is 79.3 Å². The minimum atomic E-state index is -1.00. The summed E-state index contributed by atoms with van der Waals surface area (Å²) >= 11 is 1.15. The van der Waals surface area contributed by atoms with Crippen molar-refractivity contribution in [3.8, 4) is 0 Å². The van der Waals surface area contributed by atoms with Gasteiger partial charge >= 0.3 is 0 Å². The van der Waals surface area contributed by atoms with Gasteiger partial charge in [0.2, 0.25) is 5.12 Å². The largest absolute Gasteiger partial charge is 0.387 e. The number of carbonyl (C=O) groups is 1. The average molecular weight is 360 g/mol. The van der Waals surface area contributed by atoms with E-state index < -0.39 is 12.2 Å². The molecule has 0 radical (unpaired) electrons. The molecule has 2 rings (SSSR count). The fraction of sp³-hybridized carbons (Fsp3) is 0.350. The highest BCUT2D eigenvalue weighted by Gasteiger charge is 2.28. The number of benzene rings is 2. The molecule has 0 aliphatic rings. The summed E-state index contributed by atoms with van der Waals surface area (Å²) in [6, 6.07) is 19.3. The van der Waals surface area contributed by atoms with Crippen molar-refractivity contribution in [1.82, 2.24) is 0 Å². The van der Waals surface area contributed by atoms with Gasteiger partial charge in [0, 0.05) is 0 Å². The van der Waals surface area contributed by atoms with Crippen LogP contribution in [0.4, 0.5) is 0 Å². The van der Waals surface area contributed by atoms with Crippen molar-refractivity contribution >= 4 is 16.9 Å². The Labute approximate surface area is 153 Å². The maximum atomic E-state index is 12.3. The molecule has 0 aromatic heterocycles. The Balaban J connectivity index is 1.88. The molecule has 25 heavy (non-hydrogen) atoms. The minimum absolute atomic E-state index is 0.0460. The van der Waals surface area contributed by atoms with Gasteiger partial charge in [-0.05, 0) is 16.9 Å². The smallest absolute Gasteiger partial charge is 0.220 e. The van der Waals surface area contributed by atoms with Crippen molar-refractivity contribution in [2.75, 3.05) is 12.4 Å². The monoisotopic (exact) mass is 360 g/mol. The summed E-state index contributed by atoms with van der Waals surface area (Å²) in [5, 5.41) is 10.2. The predicted molar refractivity (Wildman–Crippen MR) is 100 cm³/mol. The third-order valence-corrected chi connectivity index (χ3v) is 4.35. The highest BCUT2D eigenvalue weighted by molar-refractivity contribution is 8.13. The van der Waals surface area contributed by atoms with Crippen LogP contribution >= 0.6 is 11.8 Å². The summed E-state index contributed by atoms with van der Waals surface area (Å²) in [6.07, 6.45) is -1.90. The third-order valence-electron chi connectivity index (χ3n) is 3.54. The van der Waals surface area contributed by atoms with Crippen LogP contribution in [0.2, 0.25) is 0 Å². The number of rotatable bonds is 10. The van der Waals surface area contributed by atoms with Gasteiger partial charge in [-0.3, -0.25) is 4.79 Å². The van der Waals surface area contributed by atoms with Crippen molar-refractivity contribution in [1.29, 1.82) is 0 Å². The van der Waals surface area contributed by atoms with Gasteiger partial charge in [-0.2, -0.15) is 0 Å². The Hall–Kier alpha value is -1.66. The molecule has 0 amide bonds. The second-order valence-electron chi connectivity index (χ2n) is 5.54. The maximum absolute atomic E-state index is 12.3. The molecule has 1 N–H and O–H groups in total. The van der Waals surface area contributed by atoms with Crippen molar-refractivity contribution in [3.63, 3.8) is 0 Å². The molecule has 0 aliphatic heterocycles. The normalized spacial score (nSPS) is 13.4. The molecule has 0 spiro atoms. The van der Waals surface area contributed by atoms with Crippen molar-refractivity contribution in [2.24, 2.45) is 0 Å². The number of hydrogen-bond donors (Lipinski definition) is 1. The van der Waals surface area contributed by atoms with E-state index in [0.29, 0.717) is 12.4 Å². The maximum Gasteiger partial charge on any atom is 0.220 e. The number of hydrogen-bond acceptors (Lipinski definition) is 5. The Kier molecular flexibility index (Phi) is 8.69. The molecule has 0 fully saturated rings. The third kappa shape index (κ3) is 7.00. The molecule has 5 heteroatoms. The van der Waals surface area contributed by atoms with Gasteiger partial charge in [0.15, 0.2) is 6.10 Å². The number of carbonyl (C=O) groups excluding carboxylic acids is 1. The summed E-state index contributed by atoms with van der Waals surface area (Å²) in [6.45, 7) is 2.61. The molecule has 0 aliphatic carbocycles. The summed E-state index contributed by atoms with van der Waals surface area (Å²) in [7, 11) is 0. The van der Waals surface area contributed by atoms with E-state index in [0.717, 1.165) is 22.9 Å². The highest BCUT2D eigenvalue weighted by atomic mass is 32.2. The fourth-order valence-electron chi connectivity index (χ4n) is 2.28. The quantitative estimate of drug-likeness (QED) is 0.703. The van der Waals surface area contributed by atoms with Crippen LogP contribution in [-0.2, 0) is 27.5 Å². The van der Waals surface area contributed by atoms with Gasteiger partial charge in [0.05, 0.1) is 19.8 Å². The summed E-state index contributed by atoms with van der Waals surface area (Å²) in [4.78, 5) is 12.3. The first-order chi connectivity index (χ1) is 12.2. The van der Waals surface area contributed by atoms with Crippen molar-refractivity contribution in [2.45, 2.75) is 32.3 Å². The van der Waals surface area contributed by atoms with Crippen molar-refractivity contribution in [3.05, 3.63) is 71.8 Å². The second kappa shape index (κ2) is 11.1. The second-order valence-corrected chi connectivity index (χ2v) is 6.81. The van der Waals surface area contributed by atoms with E-state index in [-0.39, 0.29) is 18.3 Å². The predicted octanol–water partition coefficient (Wildman–Crippen LogP) is 3.43. The molecule has 0 bridgehead atoms. The standard InChI is InChI=1S/C20H24O4S/c1-2-25-20(22)19(24-14-17-11-7-4-8-12-17)18(21)15-23-13-16-9-5-3-6-10-16/h3-12,18-19,21H,2,13-15H2,1H3/t18-,19-/m1/s1. The number of aliphatic hydroxyl groups is 1. The van der Waals surface area contributed by atoms with E-state index in [1.807, 2.05) is 67.6 Å². The van der Waals surface area contributed by atoms with Crippen LogP contribution in [0.5, 0.6) is 0 Å². The lowest BCUT2D eigenvalue weighted by Crippen LogP contribution is -2.38. The molecule has 4 nitrogen and oxygen atoms in total. The van der Waals surface area contributed by atoms with Gasteiger partial charge < -0.3 is 14.6 Å². The van der Waals surface area contributed by atoms with Crippen LogP contribution in [-0.4, -0.2) is 34.8 Å². The molecule has 134 valence electrons. The lowest BCUT2D eigenvalue weighted by atomic mass is 10.2. The molecule has 0 unspecified atom stereocenters. The summed E-state index contributed by atoms with van der Waals surface area (Å²) in [5.74, 6) is 0.640. The first-order valence-corrected chi connectivity index (χ1v) is 9.31. The van der Waals surface area contributed by atoms with Crippen LogP contribution in [0.25, 0.3) is 0 Å². The van der Waals surface area contributed by atoms with E-state index in [9.17, 15) is 9.90 Å². The van der Waals surface area contributed by atoms with Gasteiger partial charge in [0.25, 0.3) is 0 Å². The van der Waals surface area contributed by atoms with Crippen LogP contribution < -0.4 is 0 Å². The van der Waals surface area contributed by atoms with E-state index in [2.05, 4.69) is 0 Å². The van der Waals surface area contributed by atoms with Crippen LogP contribution in [0.1, 0.15) is 18.1 Å². The number of thioether (sulfide) groups is 1. The Morgan fingerprint density at radius 2 is 1.56 bits per heavy atom. The van der Waals surface area contributed by atoms with E-state index in [4.69, 9.17) is 9.47 Å². The fourth-order valence-corrected chi connectivity index (χ4v) is 2.95. The number of aliphatic hydroxyl groups excluding tert-OH is 1. The molecule has 2 atom stereocenters. The van der Waals surface area contributed by atoms with E-state index >= 15 is 0 Å². The molecular formula is C20H24O4S. The Bertz CT molecular complexity index is 618. The Morgan fingerprint density at radius 1 is 1.00 bits per heavy atom. The SMILES string of the molecule is CCSC(=O)[C@H](OCc1ccccc1)[C@H](O)COCc1ccccc1. The zero-order chi connectivity index (χ0) is 17.9. The Morgan fingerprint density at radius 3 is 2.12 bits per heavy atom. The van der Waals surface area contributed by atoms with Crippen LogP contribution in [0.3, 0.4) is 0 Å². The molecule has 2 aromatic rings. The average Bonchev–Trinajstić information content (AvgIpc) is 2.64. The zero-order valence-electron chi connectivity index (χ0n) is 14.3. The molecule has 0 saturated carbocycles. The van der Waals surface area contributed by atoms with E-state index in [1.165, 1.54) is 0 Å². The molecule has 0 heterocycles. The molecule has 2 aromatic carbocycles. The first-order valence-electron chi connectivity index (χ1n) is 8.32. The van der Waals surface area contributed by atoms with Crippen LogP contribution in [0, 0.1) is 0 Å². The first kappa shape index (κ1) is 19.7. The van der Waals surface area contributed by atoms with Gasteiger partial charge in [-0.15, -0.1) is 0 Å². The minimum Gasteiger partial charge on any atom is -0.387 e. The van der Waals surface area contributed by atoms with E-state index in [1.54, 1.807) is 0 Å². The lowest BCUT2D eigenvalue weighted by molar-refractivity contribution is -0.135.